The van der Waals surface area contributed by atoms with Gasteiger partial charge in [0.2, 0.25) is 0 Å². The van der Waals surface area contributed by atoms with Crippen molar-refractivity contribution < 1.29 is 0 Å². The molecule has 6 aromatic carbocycles. The summed E-state index contributed by atoms with van der Waals surface area (Å²) >= 11 is 0. The molecule has 2 nitrogen and oxygen atoms in total. The Morgan fingerprint density at radius 2 is 1.05 bits per heavy atom. The zero-order chi connectivity index (χ0) is 25.9. The van der Waals surface area contributed by atoms with Gasteiger partial charge in [0.1, 0.15) is 0 Å². The van der Waals surface area contributed by atoms with Gasteiger partial charge in [-0.05, 0) is 60.5 Å². The van der Waals surface area contributed by atoms with Crippen LogP contribution in [0.25, 0.3) is 66.1 Å². The highest BCUT2D eigenvalue weighted by Gasteiger charge is 2.20. The van der Waals surface area contributed by atoms with Gasteiger partial charge in [0, 0.05) is 32.9 Å². The van der Waals surface area contributed by atoms with Gasteiger partial charge in [0.05, 0.1) is 22.1 Å². The normalized spacial score (nSPS) is 11.7. The summed E-state index contributed by atoms with van der Waals surface area (Å²) < 4.78 is 4.86. The van der Waals surface area contributed by atoms with Gasteiger partial charge in [-0.3, -0.25) is 0 Å². The minimum atomic E-state index is 1.17. The maximum absolute atomic E-state index is 2.44. The molecule has 0 aliphatic carbocycles. The molecule has 184 valence electrons. The fourth-order valence-corrected chi connectivity index (χ4v) is 6.28. The third-order valence-corrected chi connectivity index (χ3v) is 7.94. The van der Waals surface area contributed by atoms with Crippen LogP contribution >= 0.6 is 0 Å². The van der Waals surface area contributed by atoms with Crippen LogP contribution in [0.2, 0.25) is 0 Å². The third kappa shape index (κ3) is 3.28. The Balaban J connectivity index is 1.51. The fraction of sp³-hybridized carbons (Fsp3) is 0.0270. The lowest BCUT2D eigenvalue weighted by Crippen LogP contribution is -1.95. The molecule has 0 fully saturated rings. The van der Waals surface area contributed by atoms with E-state index in [1.807, 2.05) is 0 Å². The Kier molecular flexibility index (Phi) is 4.77. The maximum Gasteiger partial charge on any atom is 0.0641 e. The molecule has 8 rings (SSSR count). The lowest BCUT2D eigenvalue weighted by Gasteiger charge is -2.11. The molecular formula is C37H26N2. The quantitative estimate of drug-likeness (QED) is 0.229. The molecule has 2 aromatic heterocycles. The second kappa shape index (κ2) is 8.47. The largest absolute Gasteiger partial charge is 0.309 e. The summed E-state index contributed by atoms with van der Waals surface area (Å²) in [6.45, 7) is 2.15. The van der Waals surface area contributed by atoms with Crippen LogP contribution in [0, 0.1) is 6.92 Å². The standard InChI is InChI=1S/C37H26N2/c1-25-11-9-12-26(23-25)27-13-10-16-29(24-27)38-34-20-8-6-18-32(34)36-35(38)22-21-31-30-17-5-7-19-33(30)39(37(31)36)28-14-3-2-4-15-28/h2-24H,1H3. The van der Waals surface area contributed by atoms with E-state index < -0.39 is 0 Å². The summed E-state index contributed by atoms with van der Waals surface area (Å²) in [7, 11) is 0. The molecule has 0 saturated heterocycles. The number of rotatable bonds is 3. The lowest BCUT2D eigenvalue weighted by molar-refractivity contribution is 1.17. The first kappa shape index (κ1) is 22.0. The van der Waals surface area contributed by atoms with E-state index in [0.29, 0.717) is 0 Å². The molecule has 0 bridgehead atoms. The molecule has 0 saturated carbocycles. The molecule has 2 heterocycles. The Hall–Kier alpha value is -5.08. The van der Waals surface area contributed by atoms with Crippen molar-refractivity contribution in [2.45, 2.75) is 6.92 Å². The lowest BCUT2D eigenvalue weighted by atomic mass is 10.0. The summed E-state index contributed by atoms with van der Waals surface area (Å²) in [5.41, 5.74) is 11.0. The predicted molar refractivity (Wildman–Crippen MR) is 165 cm³/mol. The van der Waals surface area contributed by atoms with Crippen molar-refractivity contribution >= 4 is 43.6 Å². The van der Waals surface area contributed by atoms with Crippen molar-refractivity contribution in [2.75, 3.05) is 0 Å². The highest BCUT2D eigenvalue weighted by molar-refractivity contribution is 6.26. The van der Waals surface area contributed by atoms with Gasteiger partial charge in [-0.2, -0.15) is 0 Å². The minimum Gasteiger partial charge on any atom is -0.309 e. The van der Waals surface area contributed by atoms with E-state index in [-0.39, 0.29) is 0 Å². The summed E-state index contributed by atoms with van der Waals surface area (Å²) in [6, 6.07) is 50.6. The van der Waals surface area contributed by atoms with Crippen molar-refractivity contribution in [2.24, 2.45) is 0 Å². The van der Waals surface area contributed by atoms with Crippen LogP contribution in [0.3, 0.4) is 0 Å². The Bertz CT molecular complexity index is 2180. The van der Waals surface area contributed by atoms with Gasteiger partial charge in [-0.1, -0.05) is 103 Å². The zero-order valence-electron chi connectivity index (χ0n) is 21.7. The summed E-state index contributed by atoms with van der Waals surface area (Å²) in [5, 5.41) is 5.10. The van der Waals surface area contributed by atoms with Crippen molar-refractivity contribution in [3.05, 3.63) is 145 Å². The van der Waals surface area contributed by atoms with Gasteiger partial charge in [-0.15, -0.1) is 0 Å². The number of nitrogens with zero attached hydrogens (tertiary/aromatic N) is 2. The number of hydrogen-bond acceptors (Lipinski definition) is 0. The highest BCUT2D eigenvalue weighted by Crippen LogP contribution is 2.42. The first-order valence-electron chi connectivity index (χ1n) is 13.5. The molecule has 2 heteroatoms. The number of aromatic nitrogens is 2. The Labute approximate surface area is 227 Å². The van der Waals surface area contributed by atoms with Crippen LogP contribution in [0.1, 0.15) is 5.56 Å². The summed E-state index contributed by atoms with van der Waals surface area (Å²) in [6.07, 6.45) is 0. The fourth-order valence-electron chi connectivity index (χ4n) is 6.28. The minimum absolute atomic E-state index is 1.17. The second-order valence-corrected chi connectivity index (χ2v) is 10.3. The van der Waals surface area contributed by atoms with Crippen LogP contribution in [0.15, 0.2) is 140 Å². The van der Waals surface area contributed by atoms with Crippen LogP contribution in [0.4, 0.5) is 0 Å². The average Bonchev–Trinajstić information content (AvgIpc) is 3.51. The van der Waals surface area contributed by atoms with E-state index in [9.17, 15) is 0 Å². The van der Waals surface area contributed by atoms with E-state index in [0.717, 1.165) is 0 Å². The number of aryl methyl sites for hydroxylation is 1. The molecular weight excluding hydrogens is 472 g/mol. The molecule has 0 aliphatic rings. The third-order valence-electron chi connectivity index (χ3n) is 7.94. The number of fused-ring (bicyclic) bond motifs is 7. The average molecular weight is 499 g/mol. The van der Waals surface area contributed by atoms with Crippen molar-refractivity contribution in [1.82, 2.24) is 9.13 Å². The number of benzene rings is 6. The Morgan fingerprint density at radius 1 is 0.410 bits per heavy atom. The monoisotopic (exact) mass is 498 g/mol. The van der Waals surface area contributed by atoms with Gasteiger partial charge in [-0.25, -0.2) is 0 Å². The first-order valence-corrected chi connectivity index (χ1v) is 13.5. The van der Waals surface area contributed by atoms with Crippen molar-refractivity contribution in [3.8, 4) is 22.5 Å². The molecule has 39 heavy (non-hydrogen) atoms. The van der Waals surface area contributed by atoms with E-state index in [4.69, 9.17) is 0 Å². The molecule has 0 atom stereocenters. The van der Waals surface area contributed by atoms with Crippen LogP contribution in [-0.2, 0) is 0 Å². The van der Waals surface area contributed by atoms with Gasteiger partial charge in [0.25, 0.3) is 0 Å². The summed E-state index contributed by atoms with van der Waals surface area (Å²) in [4.78, 5) is 0. The van der Waals surface area contributed by atoms with Crippen molar-refractivity contribution in [1.29, 1.82) is 0 Å². The van der Waals surface area contributed by atoms with E-state index in [1.165, 1.54) is 71.7 Å². The molecule has 8 aromatic rings. The molecule has 0 aliphatic heterocycles. The van der Waals surface area contributed by atoms with Crippen LogP contribution in [-0.4, -0.2) is 9.13 Å². The molecule has 0 radical (unpaired) electrons. The van der Waals surface area contributed by atoms with Crippen LogP contribution < -0.4 is 0 Å². The van der Waals surface area contributed by atoms with Gasteiger partial charge >= 0.3 is 0 Å². The predicted octanol–water partition coefficient (Wildman–Crippen LogP) is 9.86. The van der Waals surface area contributed by atoms with E-state index in [2.05, 4.69) is 156 Å². The van der Waals surface area contributed by atoms with Crippen LogP contribution in [0.5, 0.6) is 0 Å². The summed E-state index contributed by atoms with van der Waals surface area (Å²) in [5.74, 6) is 0. The SMILES string of the molecule is Cc1cccc(-c2cccc(-n3c4ccccc4c4c3ccc3c5ccccc5n(-c5ccccc5)c34)c2)c1. The second-order valence-electron chi connectivity index (χ2n) is 10.3. The van der Waals surface area contributed by atoms with E-state index >= 15 is 0 Å². The van der Waals surface area contributed by atoms with Gasteiger partial charge in [0.15, 0.2) is 0 Å². The van der Waals surface area contributed by atoms with Crippen molar-refractivity contribution in [3.63, 3.8) is 0 Å². The number of hydrogen-bond donors (Lipinski definition) is 0. The number of para-hydroxylation sites is 3. The molecule has 0 N–H and O–H groups in total. The smallest absolute Gasteiger partial charge is 0.0641 e. The van der Waals surface area contributed by atoms with Gasteiger partial charge < -0.3 is 9.13 Å². The molecule has 0 spiro atoms. The Morgan fingerprint density at radius 3 is 1.85 bits per heavy atom. The molecule has 0 amide bonds. The highest BCUT2D eigenvalue weighted by atomic mass is 15.0. The topological polar surface area (TPSA) is 9.86 Å². The van der Waals surface area contributed by atoms with E-state index in [1.54, 1.807) is 0 Å². The molecule has 0 unspecified atom stereocenters. The first-order chi connectivity index (χ1) is 19.3. The zero-order valence-corrected chi connectivity index (χ0v) is 21.7. The maximum atomic E-state index is 2.44.